The maximum Gasteiger partial charge on any atom is 0.602 e. The molecule has 0 bridgehead atoms. The third-order valence-electron chi connectivity index (χ3n) is 4.34. The van der Waals surface area contributed by atoms with E-state index in [9.17, 15) is 9.59 Å². The molecular weight excluding hydrogens is 357 g/mol. The maximum absolute atomic E-state index is 11.6. The molecule has 2 rings (SSSR count). The fraction of sp³-hybridized carbons (Fsp3) is 0.524. The van der Waals surface area contributed by atoms with E-state index in [-0.39, 0.29) is 25.0 Å². The second-order valence-corrected chi connectivity index (χ2v) is 7.03. The predicted molar refractivity (Wildman–Crippen MR) is 109 cm³/mol. The Morgan fingerprint density at radius 2 is 1.68 bits per heavy atom. The number of ether oxygens (including phenoxy) is 1. The number of hydrogen-bond acceptors (Lipinski definition) is 6. The van der Waals surface area contributed by atoms with Gasteiger partial charge in [0.1, 0.15) is 0 Å². The van der Waals surface area contributed by atoms with E-state index in [1.165, 1.54) is 5.56 Å². The van der Waals surface area contributed by atoms with Crippen molar-refractivity contribution in [1.82, 2.24) is 4.90 Å². The van der Waals surface area contributed by atoms with E-state index < -0.39 is 7.12 Å². The molecule has 1 aromatic carbocycles. The number of unbranched alkanes of at least 4 members (excludes halogenated alkanes) is 4. The minimum Gasteiger partial charge on any atom is -0.498 e. The predicted octanol–water partition coefficient (Wildman–Crippen LogP) is 3.23. The molecule has 0 spiro atoms. The fourth-order valence-corrected chi connectivity index (χ4v) is 2.89. The average molecular weight is 387 g/mol. The van der Waals surface area contributed by atoms with Crippen LogP contribution in [0, 0.1) is 0 Å². The van der Waals surface area contributed by atoms with Crippen molar-refractivity contribution in [2.45, 2.75) is 45.0 Å². The summed E-state index contributed by atoms with van der Waals surface area (Å²) in [6.07, 6.45) is 9.80. The third kappa shape index (κ3) is 9.71. The Hall–Kier alpha value is -2.12. The number of carbonyl (C=O) groups is 2. The quantitative estimate of drug-likeness (QED) is 0.330. The molecule has 0 aromatic heterocycles. The van der Waals surface area contributed by atoms with Crippen LogP contribution in [0.2, 0.25) is 6.32 Å². The topological polar surface area (TPSA) is 65.1 Å². The second kappa shape index (κ2) is 13.1. The molecule has 0 aliphatic carbocycles. The monoisotopic (exact) mass is 387 g/mol. The van der Waals surface area contributed by atoms with Gasteiger partial charge in [-0.15, -0.1) is 0 Å². The molecule has 1 aliphatic rings. The standard InChI is InChI=1S/C21H30BNO5/c1-23-16-20(24)27-22(28-21(25)17-23)14-10-5-3-2-4-6-11-15-26-18-19-12-8-7-9-13-19/h5,7-10,12-13H,2-4,6,11,14-18H2,1H3/b10-5+. The maximum atomic E-state index is 11.6. The number of benzene rings is 1. The smallest absolute Gasteiger partial charge is 0.498 e. The van der Waals surface area contributed by atoms with Gasteiger partial charge in [0.2, 0.25) is 0 Å². The molecule has 6 nitrogen and oxygen atoms in total. The van der Waals surface area contributed by atoms with E-state index in [2.05, 4.69) is 18.2 Å². The Labute approximate surface area is 168 Å². The van der Waals surface area contributed by atoms with Gasteiger partial charge in [-0.3, -0.25) is 14.5 Å². The van der Waals surface area contributed by atoms with Crippen LogP contribution in [-0.4, -0.2) is 50.7 Å². The highest BCUT2D eigenvalue weighted by Crippen LogP contribution is 2.08. The van der Waals surface area contributed by atoms with E-state index >= 15 is 0 Å². The summed E-state index contributed by atoms with van der Waals surface area (Å²) in [4.78, 5) is 24.8. The van der Waals surface area contributed by atoms with E-state index in [1.54, 1.807) is 11.9 Å². The molecule has 0 saturated carbocycles. The molecule has 0 atom stereocenters. The molecule has 1 heterocycles. The van der Waals surface area contributed by atoms with Gasteiger partial charge in [0.15, 0.2) is 0 Å². The second-order valence-electron chi connectivity index (χ2n) is 7.03. The first-order valence-electron chi connectivity index (χ1n) is 9.97. The van der Waals surface area contributed by atoms with Gasteiger partial charge in [0.05, 0.1) is 19.7 Å². The van der Waals surface area contributed by atoms with Gasteiger partial charge in [0.25, 0.3) is 0 Å². The van der Waals surface area contributed by atoms with Crippen molar-refractivity contribution in [2.75, 3.05) is 26.7 Å². The Morgan fingerprint density at radius 1 is 1.00 bits per heavy atom. The zero-order valence-electron chi connectivity index (χ0n) is 16.7. The van der Waals surface area contributed by atoms with Crippen molar-refractivity contribution in [3.05, 3.63) is 48.0 Å². The highest BCUT2D eigenvalue weighted by molar-refractivity contribution is 6.49. The normalized spacial score (nSPS) is 16.0. The van der Waals surface area contributed by atoms with E-state index in [0.29, 0.717) is 12.9 Å². The highest BCUT2D eigenvalue weighted by atomic mass is 16.6. The summed E-state index contributed by atoms with van der Waals surface area (Å²) in [5.74, 6) is -0.745. The lowest BCUT2D eigenvalue weighted by molar-refractivity contribution is -0.145. The van der Waals surface area contributed by atoms with Crippen molar-refractivity contribution in [2.24, 2.45) is 0 Å². The molecule has 1 aromatic rings. The van der Waals surface area contributed by atoms with Gasteiger partial charge < -0.3 is 14.0 Å². The van der Waals surface area contributed by atoms with Crippen LogP contribution in [0.5, 0.6) is 0 Å². The van der Waals surface area contributed by atoms with Crippen LogP contribution in [0.4, 0.5) is 0 Å². The van der Waals surface area contributed by atoms with Crippen LogP contribution in [0.25, 0.3) is 0 Å². The summed E-state index contributed by atoms with van der Waals surface area (Å²) < 4.78 is 16.0. The van der Waals surface area contributed by atoms with Gasteiger partial charge in [0, 0.05) is 12.9 Å². The van der Waals surface area contributed by atoms with Crippen LogP contribution in [0.15, 0.2) is 42.5 Å². The Morgan fingerprint density at radius 3 is 2.39 bits per heavy atom. The lowest BCUT2D eigenvalue weighted by Crippen LogP contribution is -2.42. The molecule has 152 valence electrons. The zero-order chi connectivity index (χ0) is 20.0. The molecule has 0 amide bonds. The molecule has 7 heteroatoms. The van der Waals surface area contributed by atoms with E-state index in [1.807, 2.05) is 24.3 Å². The lowest BCUT2D eigenvalue weighted by atomic mass is 9.84. The molecule has 0 unspecified atom stereocenters. The average Bonchev–Trinajstić information content (AvgIpc) is 2.65. The first-order valence-corrected chi connectivity index (χ1v) is 9.97. The Bertz CT molecular complexity index is 602. The summed E-state index contributed by atoms with van der Waals surface area (Å²) in [7, 11) is 0.866. The summed E-state index contributed by atoms with van der Waals surface area (Å²) in [5.41, 5.74) is 1.21. The van der Waals surface area contributed by atoms with E-state index in [4.69, 9.17) is 14.0 Å². The number of allylic oxidation sites excluding steroid dienone is 2. The summed E-state index contributed by atoms with van der Waals surface area (Å²) >= 11 is 0. The summed E-state index contributed by atoms with van der Waals surface area (Å²) in [6.45, 7) is 1.67. The zero-order valence-corrected chi connectivity index (χ0v) is 16.7. The minimum absolute atomic E-state index is 0.102. The lowest BCUT2D eigenvalue weighted by Gasteiger charge is -2.21. The van der Waals surface area contributed by atoms with Crippen molar-refractivity contribution < 1.29 is 23.6 Å². The highest BCUT2D eigenvalue weighted by Gasteiger charge is 2.30. The van der Waals surface area contributed by atoms with Crippen LogP contribution >= 0.6 is 0 Å². The molecule has 1 aliphatic heterocycles. The molecular formula is C21H30BNO5. The van der Waals surface area contributed by atoms with Crippen molar-refractivity contribution in [1.29, 1.82) is 0 Å². The third-order valence-corrected chi connectivity index (χ3v) is 4.34. The van der Waals surface area contributed by atoms with Crippen LogP contribution < -0.4 is 0 Å². The fourth-order valence-electron chi connectivity index (χ4n) is 2.89. The van der Waals surface area contributed by atoms with Crippen LogP contribution in [-0.2, 0) is 30.2 Å². The van der Waals surface area contributed by atoms with Gasteiger partial charge >= 0.3 is 19.1 Å². The Balaban J connectivity index is 1.47. The van der Waals surface area contributed by atoms with Crippen molar-refractivity contribution in [3.8, 4) is 0 Å². The van der Waals surface area contributed by atoms with Crippen LogP contribution in [0.3, 0.4) is 0 Å². The molecule has 28 heavy (non-hydrogen) atoms. The molecule has 0 N–H and O–H groups in total. The number of carbonyl (C=O) groups excluding carboxylic acids is 2. The van der Waals surface area contributed by atoms with Gasteiger partial charge in [-0.25, -0.2) is 0 Å². The largest absolute Gasteiger partial charge is 0.602 e. The SMILES string of the molecule is CN1CC(=O)OB(C/C=C/CCCCCCOCc2ccccc2)OC(=O)C1. The number of nitrogens with zero attached hydrogens (tertiary/aromatic N) is 1. The first kappa shape index (κ1) is 22.2. The molecule has 1 fully saturated rings. The van der Waals surface area contributed by atoms with Crippen LogP contribution in [0.1, 0.15) is 37.7 Å². The van der Waals surface area contributed by atoms with E-state index in [0.717, 1.165) is 38.7 Å². The van der Waals surface area contributed by atoms with Crippen molar-refractivity contribution >= 4 is 19.1 Å². The number of likely N-dealkylation sites (N-methyl/N-ethyl adjacent to an activating group) is 1. The summed E-state index contributed by atoms with van der Waals surface area (Å²) in [5, 5.41) is 0. The minimum atomic E-state index is -0.813. The first-order chi connectivity index (χ1) is 13.6. The van der Waals surface area contributed by atoms with Gasteiger partial charge in [-0.05, 0) is 31.9 Å². The number of rotatable bonds is 11. The molecule has 1 saturated heterocycles. The van der Waals surface area contributed by atoms with Crippen molar-refractivity contribution in [3.63, 3.8) is 0 Å². The van der Waals surface area contributed by atoms with Gasteiger partial charge in [-0.2, -0.15) is 0 Å². The Kier molecular flexibility index (Phi) is 10.4. The van der Waals surface area contributed by atoms with Gasteiger partial charge in [-0.1, -0.05) is 55.3 Å². The number of hydrogen-bond donors (Lipinski definition) is 0. The summed E-state index contributed by atoms with van der Waals surface area (Å²) in [6, 6.07) is 10.2. The molecule has 0 radical (unpaired) electrons.